The minimum atomic E-state index is 0.265. The summed E-state index contributed by atoms with van der Waals surface area (Å²) in [5.41, 5.74) is 2.75. The van der Waals surface area contributed by atoms with Gasteiger partial charge in [-0.3, -0.25) is 0 Å². The molecule has 1 heterocycles. The molecule has 0 aliphatic carbocycles. The van der Waals surface area contributed by atoms with Crippen LogP contribution in [0.1, 0.15) is 35.9 Å². The first-order chi connectivity index (χ1) is 9.11. The molecular weight excluding hydrogens is 318 g/mol. The van der Waals surface area contributed by atoms with Crippen LogP contribution in [0.2, 0.25) is 0 Å². The Kier molecular flexibility index (Phi) is 5.20. The van der Waals surface area contributed by atoms with Crippen LogP contribution >= 0.6 is 27.3 Å². The normalized spacial score (nSPS) is 12.9. The zero-order chi connectivity index (χ0) is 13.8. The van der Waals surface area contributed by atoms with Crippen molar-refractivity contribution in [1.29, 1.82) is 0 Å². The van der Waals surface area contributed by atoms with Gasteiger partial charge in [-0.05, 0) is 57.9 Å². The van der Waals surface area contributed by atoms with Crippen LogP contribution in [0.15, 0.2) is 40.2 Å². The molecule has 19 heavy (non-hydrogen) atoms. The number of benzene rings is 1. The zero-order valence-corrected chi connectivity index (χ0v) is 14.0. The van der Waals surface area contributed by atoms with Gasteiger partial charge < -0.3 is 5.32 Å². The SMILES string of the molecule is CNC(c1cccc(CC(C)C)c1)c1sccc1Br. The van der Waals surface area contributed by atoms with Crippen molar-refractivity contribution in [3.63, 3.8) is 0 Å². The molecule has 1 aromatic heterocycles. The summed E-state index contributed by atoms with van der Waals surface area (Å²) in [7, 11) is 2.02. The van der Waals surface area contributed by atoms with Crippen LogP contribution in [0.25, 0.3) is 0 Å². The van der Waals surface area contributed by atoms with Crippen LogP contribution in [0.5, 0.6) is 0 Å². The molecule has 1 unspecified atom stereocenters. The number of hydrogen-bond acceptors (Lipinski definition) is 2. The molecule has 0 saturated carbocycles. The van der Waals surface area contributed by atoms with E-state index in [0.717, 1.165) is 6.42 Å². The Morgan fingerprint density at radius 1 is 1.26 bits per heavy atom. The van der Waals surface area contributed by atoms with Gasteiger partial charge in [0, 0.05) is 9.35 Å². The second-order valence-electron chi connectivity index (χ2n) is 5.20. The van der Waals surface area contributed by atoms with Crippen LogP contribution in [-0.4, -0.2) is 7.05 Å². The standard InChI is InChI=1S/C16H20BrNS/c1-11(2)9-12-5-4-6-13(10-12)15(18-3)16-14(17)7-8-19-16/h4-8,10-11,15,18H,9H2,1-3H3. The summed E-state index contributed by atoms with van der Waals surface area (Å²) >= 11 is 5.42. The molecule has 0 amide bonds. The van der Waals surface area contributed by atoms with Crippen molar-refractivity contribution >= 4 is 27.3 Å². The average molecular weight is 338 g/mol. The van der Waals surface area contributed by atoms with E-state index in [4.69, 9.17) is 0 Å². The first-order valence-electron chi connectivity index (χ1n) is 6.60. The number of hydrogen-bond donors (Lipinski definition) is 1. The summed E-state index contributed by atoms with van der Waals surface area (Å²) in [4.78, 5) is 1.34. The molecule has 2 rings (SSSR count). The summed E-state index contributed by atoms with van der Waals surface area (Å²) in [6.45, 7) is 4.52. The zero-order valence-electron chi connectivity index (χ0n) is 11.6. The highest BCUT2D eigenvalue weighted by atomic mass is 79.9. The van der Waals surface area contributed by atoms with Crippen molar-refractivity contribution in [3.05, 3.63) is 56.2 Å². The molecule has 1 N–H and O–H groups in total. The van der Waals surface area contributed by atoms with Gasteiger partial charge in [0.05, 0.1) is 6.04 Å². The fourth-order valence-corrected chi connectivity index (χ4v) is 4.07. The van der Waals surface area contributed by atoms with Gasteiger partial charge in [0.2, 0.25) is 0 Å². The van der Waals surface area contributed by atoms with Crippen molar-refractivity contribution in [2.75, 3.05) is 7.05 Å². The first-order valence-corrected chi connectivity index (χ1v) is 8.28. The van der Waals surface area contributed by atoms with Gasteiger partial charge in [-0.1, -0.05) is 38.1 Å². The largest absolute Gasteiger partial charge is 0.309 e. The maximum absolute atomic E-state index is 3.63. The van der Waals surface area contributed by atoms with E-state index in [-0.39, 0.29) is 6.04 Å². The Balaban J connectivity index is 2.31. The van der Waals surface area contributed by atoms with Crippen LogP contribution in [0, 0.1) is 5.92 Å². The summed E-state index contributed by atoms with van der Waals surface area (Å²) in [6, 6.07) is 11.3. The van der Waals surface area contributed by atoms with Crippen molar-refractivity contribution < 1.29 is 0 Å². The van der Waals surface area contributed by atoms with E-state index >= 15 is 0 Å². The molecule has 0 aliphatic rings. The number of rotatable bonds is 5. The highest BCUT2D eigenvalue weighted by molar-refractivity contribution is 9.10. The third kappa shape index (κ3) is 3.68. The molecule has 1 aromatic carbocycles. The van der Waals surface area contributed by atoms with Crippen molar-refractivity contribution in [2.45, 2.75) is 26.3 Å². The minimum Gasteiger partial charge on any atom is -0.309 e. The molecule has 0 fully saturated rings. The second-order valence-corrected chi connectivity index (χ2v) is 7.00. The van der Waals surface area contributed by atoms with Crippen molar-refractivity contribution in [2.24, 2.45) is 5.92 Å². The lowest BCUT2D eigenvalue weighted by Gasteiger charge is -2.17. The van der Waals surface area contributed by atoms with Gasteiger partial charge in [0.25, 0.3) is 0 Å². The molecule has 0 saturated heterocycles. The first kappa shape index (κ1) is 14.8. The third-order valence-corrected chi connectivity index (χ3v) is 5.06. The lowest BCUT2D eigenvalue weighted by Crippen LogP contribution is -2.17. The van der Waals surface area contributed by atoms with E-state index in [1.165, 1.54) is 20.5 Å². The summed E-state index contributed by atoms with van der Waals surface area (Å²) in [5, 5.41) is 5.55. The van der Waals surface area contributed by atoms with Gasteiger partial charge in [0.15, 0.2) is 0 Å². The van der Waals surface area contributed by atoms with Gasteiger partial charge in [-0.15, -0.1) is 11.3 Å². The topological polar surface area (TPSA) is 12.0 Å². The van der Waals surface area contributed by atoms with Crippen LogP contribution in [0.3, 0.4) is 0 Å². The average Bonchev–Trinajstić information content (AvgIpc) is 2.77. The van der Waals surface area contributed by atoms with E-state index < -0.39 is 0 Å². The smallest absolute Gasteiger partial charge is 0.0680 e. The van der Waals surface area contributed by atoms with Crippen LogP contribution in [-0.2, 0) is 6.42 Å². The van der Waals surface area contributed by atoms with E-state index in [2.05, 4.69) is 70.8 Å². The second kappa shape index (κ2) is 6.69. The Hall–Kier alpha value is -0.640. The summed E-state index contributed by atoms with van der Waals surface area (Å²) < 4.78 is 1.19. The quantitative estimate of drug-likeness (QED) is 0.807. The fourth-order valence-electron chi connectivity index (χ4n) is 2.33. The molecule has 2 aromatic rings. The Morgan fingerprint density at radius 2 is 2.05 bits per heavy atom. The Labute approximate surface area is 128 Å². The van der Waals surface area contributed by atoms with Crippen LogP contribution in [0.4, 0.5) is 0 Å². The van der Waals surface area contributed by atoms with Crippen molar-refractivity contribution in [1.82, 2.24) is 5.32 Å². The fraction of sp³-hybridized carbons (Fsp3) is 0.375. The van der Waals surface area contributed by atoms with E-state index in [1.807, 2.05) is 7.05 Å². The van der Waals surface area contributed by atoms with Gasteiger partial charge in [-0.2, -0.15) is 0 Å². The summed E-state index contributed by atoms with van der Waals surface area (Å²) in [6.07, 6.45) is 1.13. The number of halogens is 1. The molecule has 0 radical (unpaired) electrons. The van der Waals surface area contributed by atoms with Gasteiger partial charge in [0.1, 0.15) is 0 Å². The maximum atomic E-state index is 3.63. The number of thiophene rings is 1. The minimum absolute atomic E-state index is 0.265. The Bertz CT molecular complexity index is 533. The van der Waals surface area contributed by atoms with Crippen molar-refractivity contribution in [3.8, 4) is 0 Å². The van der Waals surface area contributed by atoms with Gasteiger partial charge in [-0.25, -0.2) is 0 Å². The third-order valence-electron chi connectivity index (χ3n) is 3.12. The molecule has 0 aliphatic heterocycles. The maximum Gasteiger partial charge on any atom is 0.0680 e. The molecule has 0 bridgehead atoms. The highest BCUT2D eigenvalue weighted by Crippen LogP contribution is 2.33. The van der Waals surface area contributed by atoms with Gasteiger partial charge >= 0.3 is 0 Å². The van der Waals surface area contributed by atoms with Crippen LogP contribution < -0.4 is 5.32 Å². The highest BCUT2D eigenvalue weighted by Gasteiger charge is 2.16. The predicted molar refractivity (Wildman–Crippen MR) is 87.9 cm³/mol. The lowest BCUT2D eigenvalue weighted by atomic mass is 9.97. The molecule has 1 atom stereocenters. The summed E-state index contributed by atoms with van der Waals surface area (Å²) in [5.74, 6) is 0.691. The molecule has 102 valence electrons. The predicted octanol–water partition coefficient (Wildman–Crippen LogP) is 5.02. The number of nitrogens with one attached hydrogen (secondary N) is 1. The monoisotopic (exact) mass is 337 g/mol. The lowest BCUT2D eigenvalue weighted by molar-refractivity contribution is 0.643. The molecular formula is C16H20BrNS. The molecule has 0 spiro atoms. The Morgan fingerprint density at radius 3 is 2.63 bits per heavy atom. The molecule has 3 heteroatoms. The van der Waals surface area contributed by atoms with E-state index in [0.29, 0.717) is 5.92 Å². The molecule has 1 nitrogen and oxygen atoms in total. The van der Waals surface area contributed by atoms with E-state index in [1.54, 1.807) is 11.3 Å². The van der Waals surface area contributed by atoms with E-state index in [9.17, 15) is 0 Å².